The summed E-state index contributed by atoms with van der Waals surface area (Å²) in [5.74, 6) is -0.935. The van der Waals surface area contributed by atoms with Gasteiger partial charge in [-0.3, -0.25) is 4.79 Å². The molecule has 0 fully saturated rings. The zero-order valence-electron chi connectivity index (χ0n) is 6.32. The molecule has 0 radical (unpaired) electrons. The molecule has 0 aliphatic heterocycles. The van der Waals surface area contributed by atoms with Crippen LogP contribution in [0.2, 0.25) is 0 Å². The minimum absolute atomic E-state index is 0.0559. The van der Waals surface area contributed by atoms with Gasteiger partial charge in [-0.15, -0.1) is 11.6 Å². The SMILES string of the molecule is CCOC(=O)C[C@H](Cl)C(F)(F)F. The van der Waals surface area contributed by atoms with Crippen LogP contribution in [0.1, 0.15) is 13.3 Å². The summed E-state index contributed by atoms with van der Waals surface area (Å²) in [6.45, 7) is 1.56. The van der Waals surface area contributed by atoms with Gasteiger partial charge in [0.15, 0.2) is 0 Å². The third-order valence-corrected chi connectivity index (χ3v) is 1.41. The maximum atomic E-state index is 11.7. The second-order valence-corrected chi connectivity index (χ2v) is 2.55. The molecule has 0 rings (SSSR count). The summed E-state index contributed by atoms with van der Waals surface area (Å²) in [5.41, 5.74) is 0. The van der Waals surface area contributed by atoms with Gasteiger partial charge in [-0.1, -0.05) is 0 Å². The molecule has 0 N–H and O–H groups in total. The second kappa shape index (κ2) is 4.54. The molecule has 2 nitrogen and oxygen atoms in total. The molecule has 0 spiro atoms. The van der Waals surface area contributed by atoms with Crippen molar-refractivity contribution in [3.05, 3.63) is 0 Å². The van der Waals surface area contributed by atoms with Gasteiger partial charge in [0.1, 0.15) is 5.38 Å². The van der Waals surface area contributed by atoms with Crippen molar-refractivity contribution >= 4 is 17.6 Å². The van der Waals surface area contributed by atoms with Crippen molar-refractivity contribution < 1.29 is 22.7 Å². The van der Waals surface area contributed by atoms with Crippen molar-refractivity contribution in [2.45, 2.75) is 24.9 Å². The molecule has 0 aliphatic rings. The number of hydrogen-bond donors (Lipinski definition) is 0. The summed E-state index contributed by atoms with van der Waals surface area (Å²) in [6.07, 6.45) is -5.38. The number of carbonyl (C=O) groups excluding carboxylic acids is 1. The van der Waals surface area contributed by atoms with E-state index in [4.69, 9.17) is 11.6 Å². The minimum atomic E-state index is -4.55. The highest BCUT2D eigenvalue weighted by Crippen LogP contribution is 2.27. The molecule has 0 saturated heterocycles. The van der Waals surface area contributed by atoms with Gasteiger partial charge in [0, 0.05) is 0 Å². The monoisotopic (exact) mass is 204 g/mol. The molecule has 0 amide bonds. The van der Waals surface area contributed by atoms with Crippen LogP contribution < -0.4 is 0 Å². The molecular weight excluding hydrogens is 197 g/mol. The first-order valence-corrected chi connectivity index (χ1v) is 3.68. The van der Waals surface area contributed by atoms with Crippen LogP contribution in [0, 0.1) is 0 Å². The molecule has 72 valence electrons. The highest BCUT2D eigenvalue weighted by atomic mass is 35.5. The number of esters is 1. The van der Waals surface area contributed by atoms with Crippen molar-refractivity contribution in [1.82, 2.24) is 0 Å². The molecular formula is C6H8ClF3O2. The van der Waals surface area contributed by atoms with Gasteiger partial charge in [-0.2, -0.15) is 13.2 Å². The lowest BCUT2D eigenvalue weighted by molar-refractivity contribution is -0.155. The molecule has 0 aromatic heterocycles. The largest absolute Gasteiger partial charge is 0.466 e. The Hall–Kier alpha value is -0.450. The van der Waals surface area contributed by atoms with E-state index in [-0.39, 0.29) is 6.61 Å². The topological polar surface area (TPSA) is 26.3 Å². The summed E-state index contributed by atoms with van der Waals surface area (Å²) in [6, 6.07) is 0. The Morgan fingerprint density at radius 1 is 1.58 bits per heavy atom. The number of alkyl halides is 4. The van der Waals surface area contributed by atoms with Crippen LogP contribution in [-0.2, 0) is 9.53 Å². The van der Waals surface area contributed by atoms with Crippen molar-refractivity contribution in [1.29, 1.82) is 0 Å². The van der Waals surface area contributed by atoms with Gasteiger partial charge in [-0.25, -0.2) is 0 Å². The zero-order chi connectivity index (χ0) is 9.78. The first kappa shape index (κ1) is 11.6. The van der Waals surface area contributed by atoms with E-state index in [1.807, 2.05) is 0 Å². The van der Waals surface area contributed by atoms with Crippen LogP contribution >= 0.6 is 11.6 Å². The number of rotatable bonds is 3. The summed E-state index contributed by atoms with van der Waals surface area (Å²) in [4.78, 5) is 10.5. The summed E-state index contributed by atoms with van der Waals surface area (Å²) in [7, 11) is 0. The van der Waals surface area contributed by atoms with Crippen LogP contribution in [0.4, 0.5) is 13.2 Å². The summed E-state index contributed by atoms with van der Waals surface area (Å²) < 4.78 is 39.4. The van der Waals surface area contributed by atoms with E-state index in [1.54, 1.807) is 0 Å². The summed E-state index contributed by atoms with van der Waals surface area (Å²) in [5, 5.41) is -2.16. The molecule has 0 aliphatic carbocycles. The fraction of sp³-hybridized carbons (Fsp3) is 0.833. The van der Waals surface area contributed by atoms with E-state index in [9.17, 15) is 18.0 Å². The fourth-order valence-electron chi connectivity index (χ4n) is 0.482. The third-order valence-electron chi connectivity index (χ3n) is 1.01. The number of ether oxygens (including phenoxy) is 1. The lowest BCUT2D eigenvalue weighted by Gasteiger charge is -2.11. The molecule has 0 bridgehead atoms. The first-order chi connectivity index (χ1) is 5.38. The maximum absolute atomic E-state index is 11.7. The first-order valence-electron chi connectivity index (χ1n) is 3.24. The van der Waals surface area contributed by atoms with Crippen molar-refractivity contribution in [3.63, 3.8) is 0 Å². The Balaban J connectivity index is 3.84. The fourth-order valence-corrected chi connectivity index (χ4v) is 0.608. The minimum Gasteiger partial charge on any atom is -0.466 e. The number of halogens is 4. The van der Waals surface area contributed by atoms with E-state index >= 15 is 0 Å². The van der Waals surface area contributed by atoms with Gasteiger partial charge in [0.05, 0.1) is 13.0 Å². The normalized spacial score (nSPS) is 14.1. The Bertz CT molecular complexity index is 157. The second-order valence-electron chi connectivity index (χ2n) is 2.02. The van der Waals surface area contributed by atoms with Gasteiger partial charge in [-0.05, 0) is 6.92 Å². The van der Waals surface area contributed by atoms with Crippen LogP contribution in [0.15, 0.2) is 0 Å². The van der Waals surface area contributed by atoms with Crippen LogP contribution in [0.5, 0.6) is 0 Å². The Morgan fingerprint density at radius 2 is 2.08 bits per heavy atom. The Kier molecular flexibility index (Phi) is 4.37. The molecule has 0 saturated carbocycles. The van der Waals surface area contributed by atoms with Gasteiger partial charge < -0.3 is 4.74 Å². The van der Waals surface area contributed by atoms with E-state index in [1.165, 1.54) is 6.92 Å². The lowest BCUT2D eigenvalue weighted by atomic mass is 10.3. The van der Waals surface area contributed by atoms with Gasteiger partial charge in [0.25, 0.3) is 0 Å². The summed E-state index contributed by atoms with van der Waals surface area (Å²) >= 11 is 4.86. The van der Waals surface area contributed by atoms with E-state index in [0.29, 0.717) is 0 Å². The highest BCUT2D eigenvalue weighted by molar-refractivity contribution is 6.22. The smallest absolute Gasteiger partial charge is 0.405 e. The predicted molar refractivity (Wildman–Crippen MR) is 36.9 cm³/mol. The molecule has 6 heteroatoms. The number of carbonyl (C=O) groups is 1. The quantitative estimate of drug-likeness (QED) is 0.520. The molecule has 12 heavy (non-hydrogen) atoms. The zero-order valence-corrected chi connectivity index (χ0v) is 7.08. The van der Waals surface area contributed by atoms with Crippen molar-refractivity contribution in [2.24, 2.45) is 0 Å². The third kappa shape index (κ3) is 4.43. The van der Waals surface area contributed by atoms with Gasteiger partial charge >= 0.3 is 12.1 Å². The lowest BCUT2D eigenvalue weighted by Crippen LogP contribution is -2.26. The average molecular weight is 205 g/mol. The van der Waals surface area contributed by atoms with Crippen molar-refractivity contribution in [2.75, 3.05) is 6.61 Å². The predicted octanol–water partition coefficient (Wildman–Crippen LogP) is 2.11. The molecule has 1 atom stereocenters. The number of hydrogen-bond acceptors (Lipinski definition) is 2. The van der Waals surface area contributed by atoms with E-state index < -0.39 is 23.9 Å². The highest BCUT2D eigenvalue weighted by Gasteiger charge is 2.39. The Labute approximate surface area is 72.6 Å². The molecule has 0 unspecified atom stereocenters. The molecule has 0 heterocycles. The van der Waals surface area contributed by atoms with Crippen LogP contribution in [0.3, 0.4) is 0 Å². The molecule has 0 aromatic carbocycles. The average Bonchev–Trinajstić information content (AvgIpc) is 1.85. The molecule has 0 aromatic rings. The van der Waals surface area contributed by atoms with E-state index in [0.717, 1.165) is 0 Å². The standard InChI is InChI=1S/C6H8ClF3O2/c1-2-12-5(11)3-4(7)6(8,9)10/h4H,2-3H2,1H3/t4-/m0/s1. The van der Waals surface area contributed by atoms with E-state index in [2.05, 4.69) is 4.74 Å². The maximum Gasteiger partial charge on any atom is 0.405 e. The van der Waals surface area contributed by atoms with Gasteiger partial charge in [0.2, 0.25) is 0 Å². The Morgan fingerprint density at radius 3 is 2.42 bits per heavy atom. The van der Waals surface area contributed by atoms with Crippen molar-refractivity contribution in [3.8, 4) is 0 Å². The van der Waals surface area contributed by atoms with Crippen LogP contribution in [-0.4, -0.2) is 24.1 Å². The van der Waals surface area contributed by atoms with Crippen LogP contribution in [0.25, 0.3) is 0 Å².